The first-order valence-corrected chi connectivity index (χ1v) is 8.02. The zero-order chi connectivity index (χ0) is 15.9. The molecule has 1 saturated heterocycles. The summed E-state index contributed by atoms with van der Waals surface area (Å²) in [5, 5.41) is 5.52. The Hall–Kier alpha value is -1.62. The van der Waals surface area contributed by atoms with Crippen LogP contribution in [-0.2, 0) is 6.54 Å². The molecule has 0 unspecified atom stereocenters. The summed E-state index contributed by atoms with van der Waals surface area (Å²) in [7, 11) is 0. The Kier molecular flexibility index (Phi) is 6.19. The van der Waals surface area contributed by atoms with E-state index in [1.54, 1.807) is 18.2 Å². The van der Waals surface area contributed by atoms with Crippen LogP contribution in [-0.4, -0.2) is 37.1 Å². The molecule has 4 nitrogen and oxygen atoms in total. The number of nitrogens with zero attached hydrogens (tertiary/aromatic N) is 1. The molecule has 0 radical (unpaired) electrons. The second-order valence-corrected chi connectivity index (χ2v) is 6.41. The lowest BCUT2D eigenvalue weighted by Crippen LogP contribution is -2.44. The van der Waals surface area contributed by atoms with Gasteiger partial charge in [0.25, 0.3) is 0 Å². The van der Waals surface area contributed by atoms with Crippen molar-refractivity contribution >= 4 is 6.03 Å². The zero-order valence-electron chi connectivity index (χ0n) is 13.4. The minimum atomic E-state index is -0.293. The highest BCUT2D eigenvalue weighted by Crippen LogP contribution is 2.20. The molecule has 1 aliphatic heterocycles. The number of amides is 2. The minimum absolute atomic E-state index is 0.205. The highest BCUT2D eigenvalue weighted by atomic mass is 19.1. The van der Waals surface area contributed by atoms with Crippen LogP contribution in [0.1, 0.15) is 25.8 Å². The van der Waals surface area contributed by atoms with Crippen molar-refractivity contribution in [2.24, 2.45) is 11.8 Å². The van der Waals surface area contributed by atoms with Crippen molar-refractivity contribution in [2.45, 2.75) is 26.8 Å². The number of piperidine rings is 1. The average Bonchev–Trinajstić information content (AvgIpc) is 2.45. The van der Waals surface area contributed by atoms with E-state index < -0.39 is 0 Å². The third-order valence-electron chi connectivity index (χ3n) is 4.06. The predicted octanol–water partition coefficient (Wildman–Crippen LogP) is 2.60. The normalized spacial score (nSPS) is 22.3. The molecule has 1 aromatic rings. The maximum atomic E-state index is 13.4. The SMILES string of the molecule is C[C@@H]1C[C@@H](C)CN(CCNC(=O)NCc2ccccc2F)C1. The molecule has 0 aliphatic carbocycles. The van der Waals surface area contributed by atoms with E-state index >= 15 is 0 Å². The van der Waals surface area contributed by atoms with Crippen LogP contribution in [0.25, 0.3) is 0 Å². The van der Waals surface area contributed by atoms with Crippen LogP contribution in [0.15, 0.2) is 24.3 Å². The summed E-state index contributed by atoms with van der Waals surface area (Å²) in [5.74, 6) is 1.15. The van der Waals surface area contributed by atoms with Crippen LogP contribution in [0.5, 0.6) is 0 Å². The number of hydrogen-bond acceptors (Lipinski definition) is 2. The molecule has 1 fully saturated rings. The fourth-order valence-electron chi connectivity index (χ4n) is 3.18. The Morgan fingerprint density at radius 2 is 1.91 bits per heavy atom. The number of carbonyl (C=O) groups excluding carboxylic acids is 1. The highest BCUT2D eigenvalue weighted by molar-refractivity contribution is 5.73. The van der Waals surface area contributed by atoms with E-state index in [4.69, 9.17) is 0 Å². The Morgan fingerprint density at radius 1 is 1.23 bits per heavy atom. The number of nitrogens with one attached hydrogen (secondary N) is 2. The molecule has 2 rings (SSSR count). The van der Waals surface area contributed by atoms with Crippen molar-refractivity contribution in [3.63, 3.8) is 0 Å². The largest absolute Gasteiger partial charge is 0.337 e. The van der Waals surface area contributed by atoms with Gasteiger partial charge in [0, 0.05) is 38.3 Å². The summed E-state index contributed by atoms with van der Waals surface area (Å²) in [6, 6.07) is 6.22. The smallest absolute Gasteiger partial charge is 0.315 e. The number of urea groups is 1. The van der Waals surface area contributed by atoms with Gasteiger partial charge in [0.2, 0.25) is 0 Å². The molecular weight excluding hydrogens is 281 g/mol. The van der Waals surface area contributed by atoms with E-state index in [2.05, 4.69) is 29.4 Å². The molecule has 122 valence electrons. The summed E-state index contributed by atoms with van der Waals surface area (Å²) in [6.45, 7) is 8.43. The molecule has 1 heterocycles. The van der Waals surface area contributed by atoms with E-state index in [0.29, 0.717) is 12.1 Å². The quantitative estimate of drug-likeness (QED) is 0.878. The Morgan fingerprint density at radius 3 is 2.59 bits per heavy atom. The van der Waals surface area contributed by atoms with Gasteiger partial charge in [-0.25, -0.2) is 9.18 Å². The van der Waals surface area contributed by atoms with Crippen LogP contribution in [0.2, 0.25) is 0 Å². The van der Waals surface area contributed by atoms with Gasteiger partial charge in [-0.2, -0.15) is 0 Å². The van der Waals surface area contributed by atoms with E-state index in [1.165, 1.54) is 12.5 Å². The van der Waals surface area contributed by atoms with Crippen LogP contribution in [0.4, 0.5) is 9.18 Å². The molecule has 2 atom stereocenters. The van der Waals surface area contributed by atoms with Crippen LogP contribution < -0.4 is 10.6 Å². The number of hydrogen-bond donors (Lipinski definition) is 2. The molecule has 1 aliphatic rings. The lowest BCUT2D eigenvalue weighted by molar-refractivity contribution is 0.142. The van der Waals surface area contributed by atoms with Crippen molar-refractivity contribution in [2.75, 3.05) is 26.2 Å². The fourth-order valence-corrected chi connectivity index (χ4v) is 3.18. The van der Waals surface area contributed by atoms with Crippen LogP contribution >= 0.6 is 0 Å². The predicted molar refractivity (Wildman–Crippen MR) is 86.0 cm³/mol. The van der Waals surface area contributed by atoms with Gasteiger partial charge in [-0.1, -0.05) is 32.0 Å². The van der Waals surface area contributed by atoms with Crippen LogP contribution in [0, 0.1) is 17.7 Å². The lowest BCUT2D eigenvalue weighted by atomic mass is 9.92. The second kappa shape index (κ2) is 8.13. The van der Waals surface area contributed by atoms with Gasteiger partial charge in [-0.3, -0.25) is 0 Å². The molecule has 1 aromatic carbocycles. The summed E-state index contributed by atoms with van der Waals surface area (Å²) in [5.41, 5.74) is 0.497. The first-order valence-electron chi connectivity index (χ1n) is 8.02. The fraction of sp³-hybridized carbons (Fsp3) is 0.588. The molecule has 0 aromatic heterocycles. The summed E-state index contributed by atoms with van der Waals surface area (Å²) in [6.07, 6.45) is 1.28. The van der Waals surface area contributed by atoms with E-state index in [9.17, 15) is 9.18 Å². The maximum Gasteiger partial charge on any atom is 0.315 e. The Balaban J connectivity index is 1.65. The maximum absolute atomic E-state index is 13.4. The van der Waals surface area contributed by atoms with E-state index in [1.807, 2.05) is 0 Å². The van der Waals surface area contributed by atoms with Gasteiger partial charge < -0.3 is 15.5 Å². The monoisotopic (exact) mass is 307 g/mol. The third kappa shape index (κ3) is 5.30. The van der Waals surface area contributed by atoms with Crippen molar-refractivity contribution in [1.29, 1.82) is 0 Å². The van der Waals surface area contributed by atoms with Crippen molar-refractivity contribution < 1.29 is 9.18 Å². The standard InChI is InChI=1S/C17H26FN3O/c1-13-9-14(2)12-21(11-13)8-7-19-17(22)20-10-15-5-3-4-6-16(15)18/h3-6,13-14H,7-12H2,1-2H3,(H2,19,20,22)/t13-,14-/m1/s1. The number of carbonyl (C=O) groups is 1. The zero-order valence-corrected chi connectivity index (χ0v) is 13.4. The van der Waals surface area contributed by atoms with Crippen molar-refractivity contribution in [3.05, 3.63) is 35.6 Å². The van der Waals surface area contributed by atoms with Gasteiger partial charge in [0.1, 0.15) is 5.82 Å². The average molecular weight is 307 g/mol. The van der Waals surface area contributed by atoms with E-state index in [0.717, 1.165) is 31.5 Å². The molecule has 0 bridgehead atoms. The first-order chi connectivity index (χ1) is 10.5. The Bertz CT molecular complexity index is 485. The van der Waals surface area contributed by atoms with Gasteiger partial charge in [0.05, 0.1) is 0 Å². The highest BCUT2D eigenvalue weighted by Gasteiger charge is 2.21. The van der Waals surface area contributed by atoms with Gasteiger partial charge in [0.15, 0.2) is 0 Å². The van der Waals surface area contributed by atoms with Crippen LogP contribution in [0.3, 0.4) is 0 Å². The minimum Gasteiger partial charge on any atom is -0.337 e. The lowest BCUT2D eigenvalue weighted by Gasteiger charge is -2.34. The third-order valence-corrected chi connectivity index (χ3v) is 4.06. The first kappa shape index (κ1) is 16.7. The molecule has 22 heavy (non-hydrogen) atoms. The van der Waals surface area contributed by atoms with Crippen molar-refractivity contribution in [1.82, 2.24) is 15.5 Å². The second-order valence-electron chi connectivity index (χ2n) is 6.41. The summed E-state index contributed by atoms with van der Waals surface area (Å²) in [4.78, 5) is 14.1. The van der Waals surface area contributed by atoms with Gasteiger partial charge in [-0.15, -0.1) is 0 Å². The molecule has 5 heteroatoms. The number of rotatable bonds is 5. The molecule has 0 spiro atoms. The molecular formula is C17H26FN3O. The van der Waals surface area contributed by atoms with Crippen molar-refractivity contribution in [3.8, 4) is 0 Å². The molecule has 0 saturated carbocycles. The molecule has 2 N–H and O–H groups in total. The van der Waals surface area contributed by atoms with Gasteiger partial charge >= 0.3 is 6.03 Å². The summed E-state index contributed by atoms with van der Waals surface area (Å²) >= 11 is 0. The molecule has 2 amide bonds. The topological polar surface area (TPSA) is 44.4 Å². The number of benzene rings is 1. The summed E-state index contributed by atoms with van der Waals surface area (Å²) < 4.78 is 13.4. The van der Waals surface area contributed by atoms with E-state index in [-0.39, 0.29) is 18.4 Å². The van der Waals surface area contributed by atoms with Gasteiger partial charge in [-0.05, 0) is 24.3 Å². The Labute approximate surface area is 132 Å². The number of likely N-dealkylation sites (tertiary alicyclic amines) is 1. The number of halogens is 1.